The predicted molar refractivity (Wildman–Crippen MR) is 103 cm³/mol. The Morgan fingerprint density at radius 3 is 2.85 bits per heavy atom. The van der Waals surface area contributed by atoms with Crippen molar-refractivity contribution in [2.75, 3.05) is 0 Å². The molecule has 0 saturated carbocycles. The third-order valence-corrected chi connectivity index (χ3v) is 5.45. The van der Waals surface area contributed by atoms with E-state index in [4.69, 9.17) is 22.1 Å². The molecule has 0 bridgehead atoms. The molecule has 0 radical (unpaired) electrons. The molecule has 0 aliphatic rings. The number of carbonyl (C=O) groups excluding carboxylic acids is 1. The number of fused-ring (bicyclic) bond motifs is 1. The van der Waals surface area contributed by atoms with Gasteiger partial charge in [-0.3, -0.25) is 9.20 Å². The van der Waals surface area contributed by atoms with Gasteiger partial charge in [0, 0.05) is 22.8 Å². The van der Waals surface area contributed by atoms with E-state index in [9.17, 15) is 4.79 Å². The molecular formula is C19H14ClN3O2S. The van der Waals surface area contributed by atoms with Crippen LogP contribution in [-0.2, 0) is 6.61 Å². The summed E-state index contributed by atoms with van der Waals surface area (Å²) in [4.78, 5) is 17.5. The van der Waals surface area contributed by atoms with Gasteiger partial charge in [0.2, 0.25) is 0 Å². The van der Waals surface area contributed by atoms with Gasteiger partial charge in [-0.05, 0) is 18.2 Å². The van der Waals surface area contributed by atoms with E-state index in [1.165, 1.54) is 11.3 Å². The molecule has 0 atom stereocenters. The summed E-state index contributed by atoms with van der Waals surface area (Å²) in [7, 11) is 0. The summed E-state index contributed by atoms with van der Waals surface area (Å²) in [5.41, 5.74) is 8.08. The maximum absolute atomic E-state index is 11.9. The third kappa shape index (κ3) is 3.05. The second-order valence-electron chi connectivity index (χ2n) is 5.62. The number of aromatic nitrogens is 2. The molecule has 4 aromatic rings. The van der Waals surface area contributed by atoms with Crippen LogP contribution in [0.4, 0.5) is 0 Å². The quantitative estimate of drug-likeness (QED) is 0.555. The van der Waals surface area contributed by atoms with Gasteiger partial charge in [-0.15, -0.1) is 11.3 Å². The lowest BCUT2D eigenvalue weighted by molar-refractivity contribution is 0.1000. The van der Waals surface area contributed by atoms with Gasteiger partial charge in [-0.25, -0.2) is 4.98 Å². The Bertz CT molecular complexity index is 1100. The number of hydrogen-bond acceptors (Lipinski definition) is 4. The number of ether oxygens (including phenoxy) is 1. The van der Waals surface area contributed by atoms with E-state index in [1.54, 1.807) is 12.3 Å². The first-order valence-electron chi connectivity index (χ1n) is 7.86. The topological polar surface area (TPSA) is 69.6 Å². The van der Waals surface area contributed by atoms with Crippen LogP contribution in [0.1, 0.15) is 15.2 Å². The standard InChI is InChI=1S/C19H14ClN3O2S/c20-13-6-2-1-5-12(13)11-25-15-9-16(26-18(15)19(21)24)14-10-22-17-7-3-4-8-23(14)17/h1-10H,11H2,(H2,21,24). The number of thiophene rings is 1. The smallest absolute Gasteiger partial charge is 0.262 e. The van der Waals surface area contributed by atoms with Crippen LogP contribution in [0.5, 0.6) is 5.75 Å². The molecule has 5 nitrogen and oxygen atoms in total. The van der Waals surface area contributed by atoms with E-state index >= 15 is 0 Å². The van der Waals surface area contributed by atoms with Gasteiger partial charge in [0.1, 0.15) is 22.9 Å². The Morgan fingerprint density at radius 2 is 2.04 bits per heavy atom. The fourth-order valence-corrected chi connectivity index (χ4v) is 3.82. The van der Waals surface area contributed by atoms with E-state index in [1.807, 2.05) is 53.1 Å². The summed E-state index contributed by atoms with van der Waals surface area (Å²) < 4.78 is 7.80. The van der Waals surface area contributed by atoms with Gasteiger partial charge in [0.15, 0.2) is 0 Å². The molecule has 130 valence electrons. The van der Waals surface area contributed by atoms with Crippen molar-refractivity contribution in [2.45, 2.75) is 6.61 Å². The van der Waals surface area contributed by atoms with Gasteiger partial charge >= 0.3 is 0 Å². The second-order valence-corrected chi connectivity index (χ2v) is 7.08. The number of carbonyl (C=O) groups is 1. The van der Waals surface area contributed by atoms with Crippen molar-refractivity contribution in [1.82, 2.24) is 9.38 Å². The predicted octanol–water partition coefficient (Wildman–Crippen LogP) is 4.39. The van der Waals surface area contributed by atoms with Crippen LogP contribution in [0.2, 0.25) is 5.02 Å². The summed E-state index contributed by atoms with van der Waals surface area (Å²) >= 11 is 7.45. The van der Waals surface area contributed by atoms with E-state index in [0.29, 0.717) is 15.6 Å². The Hall–Kier alpha value is -2.83. The number of rotatable bonds is 5. The number of nitrogens with two attached hydrogens (primary N) is 1. The maximum Gasteiger partial charge on any atom is 0.262 e. The van der Waals surface area contributed by atoms with Gasteiger partial charge in [0.25, 0.3) is 5.91 Å². The normalized spacial score (nSPS) is 11.0. The first-order valence-corrected chi connectivity index (χ1v) is 9.05. The minimum absolute atomic E-state index is 0.253. The summed E-state index contributed by atoms with van der Waals surface area (Å²) in [6.45, 7) is 0.253. The highest BCUT2D eigenvalue weighted by Crippen LogP contribution is 2.37. The zero-order valence-corrected chi connectivity index (χ0v) is 15.1. The van der Waals surface area contributed by atoms with Crippen molar-refractivity contribution in [3.63, 3.8) is 0 Å². The summed E-state index contributed by atoms with van der Waals surface area (Å²) in [6, 6.07) is 15.0. The second kappa shape index (κ2) is 6.82. The number of nitrogens with zero attached hydrogens (tertiary/aromatic N) is 2. The number of hydrogen-bond donors (Lipinski definition) is 1. The van der Waals surface area contributed by atoms with Crippen LogP contribution < -0.4 is 10.5 Å². The lowest BCUT2D eigenvalue weighted by Gasteiger charge is -2.07. The summed E-state index contributed by atoms with van der Waals surface area (Å²) in [6.07, 6.45) is 3.69. The van der Waals surface area contributed by atoms with Crippen molar-refractivity contribution in [3.8, 4) is 16.3 Å². The number of benzene rings is 1. The minimum Gasteiger partial charge on any atom is -0.487 e. The van der Waals surface area contributed by atoms with Crippen LogP contribution in [0, 0.1) is 0 Å². The average molecular weight is 384 g/mol. The van der Waals surface area contributed by atoms with Crippen LogP contribution in [0.15, 0.2) is 60.9 Å². The fourth-order valence-electron chi connectivity index (χ4n) is 2.67. The van der Waals surface area contributed by atoms with Gasteiger partial charge in [-0.2, -0.15) is 0 Å². The number of halogens is 1. The van der Waals surface area contributed by atoms with Crippen molar-refractivity contribution < 1.29 is 9.53 Å². The number of imidazole rings is 1. The summed E-state index contributed by atoms with van der Waals surface area (Å²) in [5.74, 6) is -0.0764. The molecule has 4 rings (SSSR count). The highest BCUT2D eigenvalue weighted by atomic mass is 35.5. The highest BCUT2D eigenvalue weighted by Gasteiger charge is 2.18. The monoisotopic (exact) mass is 383 g/mol. The van der Waals surface area contributed by atoms with Crippen LogP contribution in [0.25, 0.3) is 16.2 Å². The molecule has 3 heterocycles. The van der Waals surface area contributed by atoms with E-state index < -0.39 is 5.91 Å². The lowest BCUT2D eigenvalue weighted by atomic mass is 10.2. The minimum atomic E-state index is -0.524. The number of pyridine rings is 1. The number of primary amides is 1. The first-order chi connectivity index (χ1) is 12.6. The van der Waals surface area contributed by atoms with E-state index in [0.717, 1.165) is 21.8 Å². The molecule has 7 heteroatoms. The molecule has 1 amide bonds. The van der Waals surface area contributed by atoms with Crippen LogP contribution >= 0.6 is 22.9 Å². The molecule has 0 aliphatic heterocycles. The van der Waals surface area contributed by atoms with Gasteiger partial charge in [-0.1, -0.05) is 35.9 Å². The largest absolute Gasteiger partial charge is 0.487 e. The van der Waals surface area contributed by atoms with E-state index in [2.05, 4.69) is 4.98 Å². The maximum atomic E-state index is 11.9. The van der Waals surface area contributed by atoms with E-state index in [-0.39, 0.29) is 6.61 Å². The van der Waals surface area contributed by atoms with Crippen LogP contribution in [0.3, 0.4) is 0 Å². The summed E-state index contributed by atoms with van der Waals surface area (Å²) in [5, 5.41) is 0.616. The molecule has 0 unspecified atom stereocenters. The third-order valence-electron chi connectivity index (χ3n) is 3.93. The highest BCUT2D eigenvalue weighted by molar-refractivity contribution is 7.17. The van der Waals surface area contributed by atoms with Gasteiger partial charge in [0.05, 0.1) is 16.8 Å². The SMILES string of the molecule is NC(=O)c1sc(-c2cnc3ccccn23)cc1OCc1ccccc1Cl. The zero-order chi connectivity index (χ0) is 18.1. The Morgan fingerprint density at radius 1 is 1.23 bits per heavy atom. The molecule has 0 fully saturated rings. The zero-order valence-electron chi connectivity index (χ0n) is 13.6. The van der Waals surface area contributed by atoms with Crippen LogP contribution in [-0.4, -0.2) is 15.3 Å². The van der Waals surface area contributed by atoms with Crippen molar-refractivity contribution in [3.05, 3.63) is 76.4 Å². The van der Waals surface area contributed by atoms with Crippen molar-refractivity contribution in [2.24, 2.45) is 5.73 Å². The Balaban J connectivity index is 1.69. The average Bonchev–Trinajstić information content (AvgIpc) is 3.25. The Labute approximate surface area is 158 Å². The Kier molecular flexibility index (Phi) is 4.36. The lowest BCUT2D eigenvalue weighted by Crippen LogP contribution is -2.10. The molecule has 0 saturated heterocycles. The molecule has 1 aromatic carbocycles. The fraction of sp³-hybridized carbons (Fsp3) is 0.0526. The molecule has 2 N–H and O–H groups in total. The molecular weight excluding hydrogens is 370 g/mol. The van der Waals surface area contributed by atoms with Crippen molar-refractivity contribution >= 4 is 34.5 Å². The first kappa shape index (κ1) is 16.6. The molecule has 0 spiro atoms. The molecule has 3 aromatic heterocycles. The molecule has 26 heavy (non-hydrogen) atoms. The van der Waals surface area contributed by atoms with Crippen molar-refractivity contribution in [1.29, 1.82) is 0 Å². The van der Waals surface area contributed by atoms with Gasteiger partial charge < -0.3 is 10.5 Å². The number of amides is 1. The molecule has 0 aliphatic carbocycles.